The highest BCUT2D eigenvalue weighted by atomic mass is 16.5. The summed E-state index contributed by atoms with van der Waals surface area (Å²) in [5.41, 5.74) is 0.594. The van der Waals surface area contributed by atoms with E-state index in [9.17, 15) is 4.79 Å². The number of hydrogen-bond acceptors (Lipinski definition) is 3. The van der Waals surface area contributed by atoms with Gasteiger partial charge in [-0.25, -0.2) is 0 Å². The molecule has 0 aliphatic rings. The summed E-state index contributed by atoms with van der Waals surface area (Å²) in [4.78, 5) is 10.7. The van der Waals surface area contributed by atoms with Crippen molar-refractivity contribution in [3.05, 3.63) is 35.9 Å². The van der Waals surface area contributed by atoms with Gasteiger partial charge in [-0.2, -0.15) is 0 Å². The molecular formula is C15H20O3. The van der Waals surface area contributed by atoms with E-state index in [4.69, 9.17) is 9.47 Å². The van der Waals surface area contributed by atoms with Crippen molar-refractivity contribution in [3.63, 3.8) is 0 Å². The SMILES string of the molecule is CCC=CCCOc1ccc(C=O)cc1OCC. The summed E-state index contributed by atoms with van der Waals surface area (Å²) in [5, 5.41) is 0. The summed E-state index contributed by atoms with van der Waals surface area (Å²) >= 11 is 0. The fraction of sp³-hybridized carbons (Fsp3) is 0.400. The van der Waals surface area contributed by atoms with Crippen LogP contribution in [0, 0.1) is 0 Å². The second-order valence-electron chi connectivity index (χ2n) is 3.77. The fourth-order valence-electron chi connectivity index (χ4n) is 1.51. The first-order chi connectivity index (χ1) is 8.81. The number of allylic oxidation sites excluding steroid dienone is 1. The van der Waals surface area contributed by atoms with E-state index in [-0.39, 0.29) is 0 Å². The molecule has 18 heavy (non-hydrogen) atoms. The minimum atomic E-state index is 0.550. The Morgan fingerprint density at radius 2 is 1.94 bits per heavy atom. The summed E-state index contributed by atoms with van der Waals surface area (Å²) in [7, 11) is 0. The van der Waals surface area contributed by atoms with Crippen molar-refractivity contribution in [2.24, 2.45) is 0 Å². The van der Waals surface area contributed by atoms with E-state index in [1.165, 1.54) is 0 Å². The molecule has 0 atom stereocenters. The van der Waals surface area contributed by atoms with E-state index in [1.54, 1.807) is 18.2 Å². The summed E-state index contributed by atoms with van der Waals surface area (Å²) in [6.07, 6.45) is 6.92. The van der Waals surface area contributed by atoms with Crippen LogP contribution in [0.5, 0.6) is 11.5 Å². The van der Waals surface area contributed by atoms with Crippen molar-refractivity contribution in [2.45, 2.75) is 26.7 Å². The van der Waals surface area contributed by atoms with Crippen LogP contribution in [0.4, 0.5) is 0 Å². The van der Waals surface area contributed by atoms with Crippen LogP contribution in [0.3, 0.4) is 0 Å². The average Bonchev–Trinajstić information content (AvgIpc) is 2.40. The number of aldehydes is 1. The lowest BCUT2D eigenvalue weighted by molar-refractivity contribution is 0.112. The third-order valence-electron chi connectivity index (χ3n) is 2.35. The third-order valence-corrected chi connectivity index (χ3v) is 2.35. The van der Waals surface area contributed by atoms with E-state index in [2.05, 4.69) is 19.1 Å². The molecule has 3 heteroatoms. The number of hydrogen-bond donors (Lipinski definition) is 0. The van der Waals surface area contributed by atoms with E-state index in [0.29, 0.717) is 30.3 Å². The normalized spacial score (nSPS) is 10.6. The van der Waals surface area contributed by atoms with Crippen LogP contribution in [0.1, 0.15) is 37.0 Å². The lowest BCUT2D eigenvalue weighted by atomic mass is 10.2. The summed E-state index contributed by atoms with van der Waals surface area (Å²) < 4.78 is 11.1. The van der Waals surface area contributed by atoms with Crippen LogP contribution in [0.25, 0.3) is 0 Å². The van der Waals surface area contributed by atoms with Gasteiger partial charge in [0.1, 0.15) is 6.29 Å². The minimum Gasteiger partial charge on any atom is -0.490 e. The molecule has 0 heterocycles. The van der Waals surface area contributed by atoms with Crippen LogP contribution < -0.4 is 9.47 Å². The second-order valence-corrected chi connectivity index (χ2v) is 3.77. The first-order valence-corrected chi connectivity index (χ1v) is 6.31. The smallest absolute Gasteiger partial charge is 0.161 e. The molecule has 0 saturated heterocycles. The first-order valence-electron chi connectivity index (χ1n) is 6.31. The molecule has 0 spiro atoms. The van der Waals surface area contributed by atoms with E-state index in [0.717, 1.165) is 19.1 Å². The van der Waals surface area contributed by atoms with E-state index in [1.807, 2.05) is 6.92 Å². The molecule has 1 aromatic rings. The lowest BCUT2D eigenvalue weighted by Crippen LogP contribution is -2.00. The van der Waals surface area contributed by atoms with Gasteiger partial charge in [-0.3, -0.25) is 4.79 Å². The van der Waals surface area contributed by atoms with Crippen molar-refractivity contribution < 1.29 is 14.3 Å². The Balaban J connectivity index is 2.62. The molecule has 0 saturated carbocycles. The van der Waals surface area contributed by atoms with Gasteiger partial charge in [0.05, 0.1) is 13.2 Å². The molecule has 0 bridgehead atoms. The highest BCUT2D eigenvalue weighted by molar-refractivity contribution is 5.76. The molecular weight excluding hydrogens is 228 g/mol. The van der Waals surface area contributed by atoms with Crippen LogP contribution in [0.15, 0.2) is 30.4 Å². The largest absolute Gasteiger partial charge is 0.490 e. The topological polar surface area (TPSA) is 35.5 Å². The van der Waals surface area contributed by atoms with Crippen LogP contribution in [-0.2, 0) is 0 Å². The number of rotatable bonds is 8. The monoisotopic (exact) mass is 248 g/mol. The predicted molar refractivity (Wildman–Crippen MR) is 72.5 cm³/mol. The lowest BCUT2D eigenvalue weighted by Gasteiger charge is -2.11. The first kappa shape index (κ1) is 14.3. The van der Waals surface area contributed by atoms with Gasteiger partial charge in [-0.05, 0) is 38.0 Å². The highest BCUT2D eigenvalue weighted by Gasteiger charge is 2.05. The maximum absolute atomic E-state index is 10.7. The summed E-state index contributed by atoms with van der Waals surface area (Å²) in [6, 6.07) is 5.21. The zero-order chi connectivity index (χ0) is 13.2. The molecule has 98 valence electrons. The van der Waals surface area contributed by atoms with Gasteiger partial charge in [-0.1, -0.05) is 19.1 Å². The number of benzene rings is 1. The van der Waals surface area contributed by atoms with Gasteiger partial charge in [0.15, 0.2) is 11.5 Å². The van der Waals surface area contributed by atoms with Crippen molar-refractivity contribution >= 4 is 6.29 Å². The Kier molecular flexibility index (Phi) is 6.62. The zero-order valence-electron chi connectivity index (χ0n) is 11.0. The fourth-order valence-corrected chi connectivity index (χ4v) is 1.51. The van der Waals surface area contributed by atoms with Crippen LogP contribution >= 0.6 is 0 Å². The van der Waals surface area contributed by atoms with E-state index >= 15 is 0 Å². The van der Waals surface area contributed by atoms with Gasteiger partial charge in [0, 0.05) is 5.56 Å². The standard InChI is InChI=1S/C15H20O3/c1-3-5-6-7-10-18-14-9-8-13(12-16)11-15(14)17-4-2/h5-6,8-9,11-12H,3-4,7,10H2,1-2H3. The van der Waals surface area contributed by atoms with Crippen molar-refractivity contribution in [1.82, 2.24) is 0 Å². The van der Waals surface area contributed by atoms with E-state index < -0.39 is 0 Å². The molecule has 0 fully saturated rings. The molecule has 0 aliphatic heterocycles. The Labute approximate surface area is 108 Å². The Morgan fingerprint density at radius 1 is 1.11 bits per heavy atom. The van der Waals surface area contributed by atoms with Gasteiger partial charge in [0.25, 0.3) is 0 Å². The number of carbonyl (C=O) groups excluding carboxylic acids is 1. The van der Waals surface area contributed by atoms with Crippen molar-refractivity contribution in [2.75, 3.05) is 13.2 Å². The van der Waals surface area contributed by atoms with Gasteiger partial charge < -0.3 is 9.47 Å². The maximum Gasteiger partial charge on any atom is 0.161 e. The van der Waals surface area contributed by atoms with Crippen molar-refractivity contribution in [1.29, 1.82) is 0 Å². The molecule has 0 unspecified atom stereocenters. The molecule has 1 rings (SSSR count). The number of carbonyl (C=O) groups is 1. The molecule has 0 amide bonds. The maximum atomic E-state index is 10.7. The Morgan fingerprint density at radius 3 is 2.61 bits per heavy atom. The predicted octanol–water partition coefficient (Wildman–Crippen LogP) is 3.63. The highest BCUT2D eigenvalue weighted by Crippen LogP contribution is 2.28. The molecule has 0 radical (unpaired) electrons. The van der Waals surface area contributed by atoms with Crippen molar-refractivity contribution in [3.8, 4) is 11.5 Å². The van der Waals surface area contributed by atoms with Gasteiger partial charge in [-0.15, -0.1) is 0 Å². The molecule has 1 aromatic carbocycles. The van der Waals surface area contributed by atoms with Crippen LogP contribution in [0.2, 0.25) is 0 Å². The Bertz CT molecular complexity index is 397. The second kappa shape index (κ2) is 8.34. The quantitative estimate of drug-likeness (QED) is 0.400. The summed E-state index contributed by atoms with van der Waals surface area (Å²) in [6.45, 7) is 5.16. The molecule has 3 nitrogen and oxygen atoms in total. The van der Waals surface area contributed by atoms with Gasteiger partial charge in [0.2, 0.25) is 0 Å². The minimum absolute atomic E-state index is 0.550. The average molecular weight is 248 g/mol. The number of ether oxygens (including phenoxy) is 2. The summed E-state index contributed by atoms with van der Waals surface area (Å²) in [5.74, 6) is 1.31. The molecule has 0 aromatic heterocycles. The third kappa shape index (κ3) is 4.62. The molecule has 0 N–H and O–H groups in total. The van der Waals surface area contributed by atoms with Crippen LogP contribution in [-0.4, -0.2) is 19.5 Å². The Hall–Kier alpha value is -1.77. The zero-order valence-corrected chi connectivity index (χ0v) is 11.0. The van der Waals surface area contributed by atoms with Gasteiger partial charge >= 0.3 is 0 Å². The molecule has 0 aliphatic carbocycles.